The molecule has 0 aromatic carbocycles. The average Bonchev–Trinajstić information content (AvgIpc) is 2.93. The minimum Gasteiger partial charge on any atom is -0.467 e. The molecule has 0 fully saturated rings. The number of rotatable bonds is 6. The molecule has 7 nitrogen and oxygen atoms in total. The highest BCUT2D eigenvalue weighted by Crippen LogP contribution is 2.19. The van der Waals surface area contributed by atoms with Gasteiger partial charge in [0.15, 0.2) is 0 Å². The van der Waals surface area contributed by atoms with E-state index in [-0.39, 0.29) is 12.0 Å². The fourth-order valence-electron chi connectivity index (χ4n) is 1.90. The minimum atomic E-state index is -0.0450. The van der Waals surface area contributed by atoms with E-state index >= 15 is 0 Å². The first-order chi connectivity index (χ1) is 9.63. The number of hydrogen-bond donors (Lipinski definition) is 2. The molecule has 0 bridgehead atoms. The molecule has 0 aliphatic heterocycles. The summed E-state index contributed by atoms with van der Waals surface area (Å²) in [4.78, 5) is 14.7. The molecule has 7 heteroatoms. The van der Waals surface area contributed by atoms with Crippen LogP contribution in [0.3, 0.4) is 0 Å². The van der Waals surface area contributed by atoms with Crippen LogP contribution in [0.15, 0.2) is 22.8 Å². The van der Waals surface area contributed by atoms with Crippen LogP contribution in [0.2, 0.25) is 0 Å². The van der Waals surface area contributed by atoms with Crippen molar-refractivity contribution in [1.29, 1.82) is 0 Å². The van der Waals surface area contributed by atoms with Crippen LogP contribution < -0.4 is 16.0 Å². The topological polar surface area (TPSA) is 93.1 Å². The van der Waals surface area contributed by atoms with Gasteiger partial charge in [-0.25, -0.2) is 0 Å². The van der Waals surface area contributed by atoms with E-state index in [2.05, 4.69) is 20.3 Å². The molecule has 2 heterocycles. The lowest BCUT2D eigenvalue weighted by Crippen LogP contribution is -2.25. The van der Waals surface area contributed by atoms with Gasteiger partial charge in [-0.05, 0) is 32.9 Å². The molecule has 0 aliphatic carbocycles. The summed E-state index contributed by atoms with van der Waals surface area (Å²) in [5, 5.41) is 3.17. The molecular weight excluding hydrogens is 256 g/mol. The Balaban J connectivity index is 2.19. The zero-order chi connectivity index (χ0) is 14.5. The molecule has 0 radical (unpaired) electrons. The molecule has 108 valence electrons. The van der Waals surface area contributed by atoms with Gasteiger partial charge in [-0.3, -0.25) is 0 Å². The smallest absolute Gasteiger partial charge is 0.231 e. The van der Waals surface area contributed by atoms with Gasteiger partial charge in [-0.2, -0.15) is 15.0 Å². The zero-order valence-electron chi connectivity index (χ0n) is 12.0. The molecule has 2 aromatic heterocycles. The van der Waals surface area contributed by atoms with Crippen LogP contribution in [0.5, 0.6) is 0 Å². The maximum absolute atomic E-state index is 5.75. The number of aromatic nitrogens is 3. The monoisotopic (exact) mass is 276 g/mol. The fourth-order valence-corrected chi connectivity index (χ4v) is 1.90. The fraction of sp³-hybridized carbons (Fsp3) is 0.462. The lowest BCUT2D eigenvalue weighted by atomic mass is 10.2. The van der Waals surface area contributed by atoms with E-state index in [1.165, 1.54) is 0 Å². The molecule has 1 unspecified atom stereocenters. The number of furan rings is 1. The highest BCUT2D eigenvalue weighted by molar-refractivity contribution is 5.42. The molecule has 20 heavy (non-hydrogen) atoms. The largest absolute Gasteiger partial charge is 0.467 e. The van der Waals surface area contributed by atoms with Crippen molar-refractivity contribution < 1.29 is 4.42 Å². The maximum Gasteiger partial charge on any atom is 0.231 e. The number of nitrogens with two attached hydrogens (primary N) is 1. The van der Waals surface area contributed by atoms with Gasteiger partial charge in [-0.15, -0.1) is 0 Å². The van der Waals surface area contributed by atoms with Gasteiger partial charge in [-0.1, -0.05) is 0 Å². The zero-order valence-corrected chi connectivity index (χ0v) is 12.0. The van der Waals surface area contributed by atoms with Gasteiger partial charge in [0.1, 0.15) is 5.76 Å². The molecule has 1 atom stereocenters. The van der Waals surface area contributed by atoms with Crippen molar-refractivity contribution >= 4 is 17.8 Å². The molecule has 2 aromatic rings. The van der Waals surface area contributed by atoms with E-state index in [1.807, 2.05) is 37.8 Å². The average molecular weight is 276 g/mol. The number of nitrogens with one attached hydrogen (secondary N) is 1. The summed E-state index contributed by atoms with van der Waals surface area (Å²) in [6, 6.07) is 3.70. The van der Waals surface area contributed by atoms with Gasteiger partial charge in [0.2, 0.25) is 17.8 Å². The van der Waals surface area contributed by atoms with Gasteiger partial charge in [0.25, 0.3) is 0 Å². The molecule has 0 spiro atoms. The van der Waals surface area contributed by atoms with E-state index in [9.17, 15) is 0 Å². The Kier molecular flexibility index (Phi) is 4.39. The van der Waals surface area contributed by atoms with Crippen LogP contribution in [-0.2, 0) is 0 Å². The Hall–Kier alpha value is -2.31. The Morgan fingerprint density at radius 2 is 2.05 bits per heavy atom. The number of anilines is 3. The lowest BCUT2D eigenvalue weighted by Gasteiger charge is -2.19. The summed E-state index contributed by atoms with van der Waals surface area (Å²) in [5.41, 5.74) is 5.75. The number of nitrogen functional groups attached to an aromatic ring is 1. The Morgan fingerprint density at radius 1 is 1.30 bits per heavy atom. The van der Waals surface area contributed by atoms with Crippen molar-refractivity contribution in [2.45, 2.75) is 26.8 Å². The van der Waals surface area contributed by atoms with Crippen molar-refractivity contribution in [3.8, 4) is 0 Å². The second-order valence-electron chi connectivity index (χ2n) is 4.37. The normalized spacial score (nSPS) is 12.2. The predicted octanol–water partition coefficient (Wildman–Crippen LogP) is 2.07. The third-order valence-corrected chi connectivity index (χ3v) is 3.00. The summed E-state index contributed by atoms with van der Waals surface area (Å²) in [5.74, 6) is 2.05. The van der Waals surface area contributed by atoms with Crippen LogP contribution in [0.4, 0.5) is 17.8 Å². The maximum atomic E-state index is 5.75. The molecule has 0 amide bonds. The molecule has 3 N–H and O–H groups in total. The van der Waals surface area contributed by atoms with Gasteiger partial charge in [0, 0.05) is 13.1 Å². The Labute approximate surface area is 118 Å². The summed E-state index contributed by atoms with van der Waals surface area (Å²) >= 11 is 0. The standard InChI is InChI=1S/C13H20N6O/c1-4-19(5-2)13-17-11(14)16-12(18-13)15-9(3)10-7-6-8-20-10/h6-9H,4-5H2,1-3H3,(H3,14,15,16,17,18). The van der Waals surface area contributed by atoms with Crippen molar-refractivity contribution in [1.82, 2.24) is 15.0 Å². The molecule has 0 aliphatic rings. The number of hydrogen-bond acceptors (Lipinski definition) is 7. The predicted molar refractivity (Wildman–Crippen MR) is 78.5 cm³/mol. The second kappa shape index (κ2) is 6.23. The van der Waals surface area contributed by atoms with Crippen molar-refractivity contribution in [2.75, 3.05) is 29.0 Å². The van der Waals surface area contributed by atoms with E-state index in [0.717, 1.165) is 18.8 Å². The van der Waals surface area contributed by atoms with Gasteiger partial charge in [0.05, 0.1) is 12.3 Å². The Morgan fingerprint density at radius 3 is 2.65 bits per heavy atom. The highest BCUT2D eigenvalue weighted by Gasteiger charge is 2.13. The lowest BCUT2D eigenvalue weighted by molar-refractivity contribution is 0.489. The van der Waals surface area contributed by atoms with Gasteiger partial charge >= 0.3 is 0 Å². The third kappa shape index (κ3) is 3.17. The molecule has 0 saturated heterocycles. The van der Waals surface area contributed by atoms with Crippen LogP contribution in [0.1, 0.15) is 32.6 Å². The van der Waals surface area contributed by atoms with Crippen molar-refractivity contribution in [3.05, 3.63) is 24.2 Å². The third-order valence-electron chi connectivity index (χ3n) is 3.00. The van der Waals surface area contributed by atoms with Crippen LogP contribution in [0.25, 0.3) is 0 Å². The minimum absolute atomic E-state index is 0.0450. The van der Waals surface area contributed by atoms with E-state index < -0.39 is 0 Å². The first kappa shape index (κ1) is 14.1. The molecule has 0 saturated carbocycles. The highest BCUT2D eigenvalue weighted by atomic mass is 16.3. The Bertz CT molecular complexity index is 538. The first-order valence-corrected chi connectivity index (χ1v) is 6.70. The number of nitrogens with zero attached hydrogens (tertiary/aromatic N) is 4. The molecular formula is C13H20N6O. The van der Waals surface area contributed by atoms with Crippen LogP contribution in [0, 0.1) is 0 Å². The molecule has 2 rings (SSSR count). The quantitative estimate of drug-likeness (QED) is 0.834. The van der Waals surface area contributed by atoms with Crippen molar-refractivity contribution in [3.63, 3.8) is 0 Å². The van der Waals surface area contributed by atoms with Crippen molar-refractivity contribution in [2.24, 2.45) is 0 Å². The van der Waals surface area contributed by atoms with Gasteiger partial charge < -0.3 is 20.4 Å². The SMILES string of the molecule is CCN(CC)c1nc(N)nc(NC(C)c2ccco2)n1. The van der Waals surface area contributed by atoms with E-state index in [1.54, 1.807) is 6.26 Å². The summed E-state index contributed by atoms with van der Waals surface area (Å²) in [6.45, 7) is 7.68. The second-order valence-corrected chi connectivity index (χ2v) is 4.37. The van der Waals surface area contributed by atoms with Crippen LogP contribution >= 0.6 is 0 Å². The van der Waals surface area contributed by atoms with Crippen LogP contribution in [-0.4, -0.2) is 28.0 Å². The summed E-state index contributed by atoms with van der Waals surface area (Å²) in [7, 11) is 0. The van der Waals surface area contributed by atoms with E-state index in [4.69, 9.17) is 10.2 Å². The van der Waals surface area contributed by atoms with E-state index in [0.29, 0.717) is 11.9 Å². The first-order valence-electron chi connectivity index (χ1n) is 6.70. The summed E-state index contributed by atoms with van der Waals surface area (Å²) < 4.78 is 5.34. The summed E-state index contributed by atoms with van der Waals surface area (Å²) in [6.07, 6.45) is 1.64.